The molecule has 0 bridgehead atoms. The van der Waals surface area contributed by atoms with E-state index < -0.39 is 0 Å². The standard InChI is InChI=1S/C30H28ClN5O3.C26H33BrN6O.C25H23BrClN5O2.C22H27ClN6O2/c1-2-34-28(38)26-27(36-18-23(32-29(34)36)15-20-9-5-3-6-10-20)33-30(39-19-21-11-7-4-8-12-21)35(26)17-22-13-14-25(37)24(31)16-22;1-3-31-24(34)22-23(33-21-11-7-10-20(21)29-26(31)33)30-25(28-18-8-5-4-6-9-18)32(22)15-17-13-12-16(2)19(27)14-17;1-2-30-23(33)20-22(32-14-18(28-25(30)32)11-15-6-4-3-5-7-15)29-24(26)31(20)13-16-10-17-8-9-34-21(17)19(27)12-16;1-3-27-20(30)18-19(28-9-8-24-22(27)28)26-21(25-16-6-10-31-11-7-16)29(18)13-15-5-4-14(2)17(23)12-15/h3-14,16,23,37H,2,15,17-19H2,1H3;12-14,18,20-21H,3-11,15H2,1-2H3,(H,28,30);3-7,10,12,18H,2,8-9,11,13-14H2,1H3;4-5,12,16H,3,6-11,13H2,1-2H3,(H,25,26)/t23-;20-,21+;18-;/m111./s1. The first kappa shape index (κ1) is 93.6. The number of phenolic OH excluding ortho intramolecular Hbond substituents is 1. The van der Waals surface area contributed by atoms with E-state index in [0.29, 0.717) is 177 Å². The molecular formula is C103H111Br2Cl3N22O8. The predicted octanol–water partition coefficient (Wildman–Crippen LogP) is 18.1. The lowest BCUT2D eigenvalue weighted by Gasteiger charge is -2.35. The van der Waals surface area contributed by atoms with Crippen LogP contribution in [-0.2, 0) is 56.8 Å². The number of rotatable bonds is 23. The summed E-state index contributed by atoms with van der Waals surface area (Å²) in [6.45, 7) is 21.2. The van der Waals surface area contributed by atoms with Gasteiger partial charge in [-0.05, 0) is 201 Å². The maximum Gasteiger partial charge on any atom is 0.299 e. The molecule has 14 heterocycles. The third-order valence-corrected chi connectivity index (χ3v) is 30.1. The van der Waals surface area contributed by atoms with Gasteiger partial charge in [0.25, 0.3) is 29.6 Å². The second-order valence-electron chi connectivity index (χ2n) is 36.7. The number of guanidine groups is 4. The molecule has 716 valence electrons. The molecule has 3 fully saturated rings. The van der Waals surface area contributed by atoms with Crippen LogP contribution in [0.25, 0.3) is 0 Å². The van der Waals surface area contributed by atoms with Crippen molar-refractivity contribution in [2.45, 2.75) is 194 Å². The molecule has 10 aliphatic heterocycles. The number of anilines is 6. The van der Waals surface area contributed by atoms with Gasteiger partial charge in [-0.15, -0.1) is 0 Å². The van der Waals surface area contributed by atoms with Gasteiger partial charge in [-0.1, -0.05) is 197 Å². The average Bonchev–Trinajstić information content (AvgIpc) is 1.56. The monoisotopic (exact) mass is 2050 g/mol. The summed E-state index contributed by atoms with van der Waals surface area (Å²) in [5.41, 5.74) is 13.1. The number of aromatic nitrogens is 8. The highest BCUT2D eigenvalue weighted by Gasteiger charge is 2.52. The maximum absolute atomic E-state index is 13.9. The van der Waals surface area contributed by atoms with Gasteiger partial charge in [0, 0.05) is 73.9 Å². The quantitative estimate of drug-likeness (QED) is 0.0536. The number of halogens is 5. The van der Waals surface area contributed by atoms with Crippen molar-refractivity contribution in [2.24, 2.45) is 20.0 Å². The number of ether oxygens (including phenoxy) is 3. The summed E-state index contributed by atoms with van der Waals surface area (Å²) in [6, 6.07) is 53.6. The molecule has 1 saturated heterocycles. The van der Waals surface area contributed by atoms with Gasteiger partial charge in [0.2, 0.25) is 35.7 Å². The van der Waals surface area contributed by atoms with Crippen LogP contribution in [0.2, 0.25) is 15.1 Å². The highest BCUT2D eigenvalue weighted by atomic mass is 79.9. The minimum absolute atomic E-state index is 0.00393. The van der Waals surface area contributed by atoms with Gasteiger partial charge in [-0.2, -0.15) is 15.0 Å². The number of hydrogen-bond acceptors (Lipinski definition) is 22. The molecule has 2 aliphatic carbocycles. The molecule has 4 amide bonds. The Balaban J connectivity index is 0.000000114. The number of hydrogen-bond donors (Lipinski definition) is 3. The van der Waals surface area contributed by atoms with Gasteiger partial charge in [-0.3, -0.25) is 77.1 Å². The van der Waals surface area contributed by atoms with Crippen molar-refractivity contribution in [2.75, 3.05) is 102 Å². The van der Waals surface area contributed by atoms with Crippen LogP contribution in [0.5, 0.6) is 17.5 Å². The summed E-state index contributed by atoms with van der Waals surface area (Å²) >= 11 is 26.3. The lowest BCUT2D eigenvalue weighted by Crippen LogP contribution is -2.53. The number of fused-ring (bicyclic) bond motifs is 15. The number of nitrogens with one attached hydrogen (secondary N) is 2. The molecule has 138 heavy (non-hydrogen) atoms. The predicted molar refractivity (Wildman–Crippen MR) is 546 cm³/mol. The van der Waals surface area contributed by atoms with Crippen LogP contribution in [0.1, 0.15) is 189 Å². The average molecular weight is 2050 g/mol. The molecule has 30 nitrogen and oxygen atoms in total. The number of nitrogens with zero attached hydrogens (tertiary/aromatic N) is 20. The second-order valence-corrected chi connectivity index (χ2v) is 39.5. The Morgan fingerprint density at radius 1 is 0.464 bits per heavy atom. The highest BCUT2D eigenvalue weighted by Crippen LogP contribution is 2.46. The number of aliphatic imine (C=N–C) groups is 4. The van der Waals surface area contributed by atoms with Gasteiger partial charge < -0.3 is 34.5 Å². The number of phenols is 1. The van der Waals surface area contributed by atoms with Crippen molar-refractivity contribution in [3.8, 4) is 17.5 Å². The molecule has 0 unspecified atom stereocenters. The van der Waals surface area contributed by atoms with Crippen LogP contribution >= 0.6 is 66.7 Å². The fourth-order valence-corrected chi connectivity index (χ4v) is 22.3. The van der Waals surface area contributed by atoms with E-state index in [-0.39, 0.29) is 58.6 Å². The number of benzene rings is 7. The summed E-state index contributed by atoms with van der Waals surface area (Å²) in [7, 11) is 0. The van der Waals surface area contributed by atoms with Crippen LogP contribution in [0.15, 0.2) is 187 Å². The molecule has 2 saturated carbocycles. The van der Waals surface area contributed by atoms with Crippen LogP contribution in [0, 0.1) is 13.8 Å². The highest BCUT2D eigenvalue weighted by molar-refractivity contribution is 9.10. The summed E-state index contributed by atoms with van der Waals surface area (Å²) in [6.07, 6.45) is 13.8. The van der Waals surface area contributed by atoms with E-state index in [0.717, 1.165) is 149 Å². The van der Waals surface area contributed by atoms with Crippen LogP contribution in [-0.4, -0.2) is 219 Å². The molecule has 0 spiro atoms. The number of imidazole rings is 4. The number of carbonyl (C=O) groups is 4. The normalized spacial score (nSPS) is 19.3. The van der Waals surface area contributed by atoms with Gasteiger partial charge in [0.05, 0.1) is 86.6 Å². The summed E-state index contributed by atoms with van der Waals surface area (Å²) < 4.78 is 26.9. The Kier molecular flexibility index (Phi) is 27.4. The first-order chi connectivity index (χ1) is 67.2. The first-order valence-electron chi connectivity index (χ1n) is 48.2. The van der Waals surface area contributed by atoms with E-state index >= 15 is 0 Å². The van der Waals surface area contributed by atoms with E-state index in [2.05, 4.69) is 128 Å². The molecule has 35 heteroatoms. The Morgan fingerprint density at radius 3 is 1.57 bits per heavy atom. The second kappa shape index (κ2) is 40.4. The van der Waals surface area contributed by atoms with Crippen molar-refractivity contribution in [3.05, 3.63) is 260 Å². The number of aryl methyl sites for hydroxylation is 2. The lowest BCUT2D eigenvalue weighted by atomic mass is 9.96. The fourth-order valence-electron chi connectivity index (χ4n) is 20.6. The van der Waals surface area contributed by atoms with Crippen molar-refractivity contribution in [3.63, 3.8) is 0 Å². The minimum Gasteiger partial charge on any atom is -0.506 e. The smallest absolute Gasteiger partial charge is 0.299 e. The molecule has 11 aromatic rings. The summed E-state index contributed by atoms with van der Waals surface area (Å²) in [4.78, 5) is 110. The van der Waals surface area contributed by atoms with Gasteiger partial charge >= 0.3 is 0 Å². The number of aromatic hydroxyl groups is 1. The van der Waals surface area contributed by atoms with Crippen LogP contribution in [0.3, 0.4) is 0 Å². The Hall–Kier alpha value is -12.1. The van der Waals surface area contributed by atoms with E-state index in [9.17, 15) is 24.3 Å². The largest absolute Gasteiger partial charge is 0.506 e. The molecule has 3 N–H and O–H groups in total. The zero-order valence-electron chi connectivity index (χ0n) is 78.1. The first-order valence-corrected chi connectivity index (χ1v) is 50.9. The van der Waals surface area contributed by atoms with E-state index in [4.69, 9.17) is 83.9 Å². The Morgan fingerprint density at radius 2 is 0.971 bits per heavy atom. The van der Waals surface area contributed by atoms with Crippen LogP contribution in [0.4, 0.5) is 35.2 Å². The Labute approximate surface area is 834 Å². The SMILES string of the molecule is CCN1C(=O)c2c(nc(Br)n2Cc2cc(Cl)c3c(c2)CCO3)N2C[C@@H](Cc3ccccc3)N=C12.CCN1C(=O)c2c(nc(NC3CCCCC3)n2Cc2ccc(C)c(Br)c2)N2C1=N[C@@H]1CCC[C@@H]12.CCN1C(=O)c2c(nc(NC3CCOCC3)n2Cc2ccc(C)c(Cl)c2)N2CCN=C12.CCN1C(=O)c2c(nc(OCc3ccccc3)n2Cc2ccc(O)c(Cl)c2)N2C[C@@H](Cc3ccccc3)N=C12. The van der Waals surface area contributed by atoms with Gasteiger partial charge in [0.15, 0.2) is 50.8 Å². The molecule has 4 atom stereocenters. The lowest BCUT2D eigenvalue weighted by molar-refractivity contribution is 0.0827. The number of carbonyl (C=O) groups excluding carboxylic acids is 4. The molecule has 4 aromatic heterocycles. The molecule has 23 rings (SSSR count). The maximum atomic E-state index is 13.9. The topological polar surface area (TPSA) is 287 Å². The summed E-state index contributed by atoms with van der Waals surface area (Å²) in [5, 5.41) is 18.8. The van der Waals surface area contributed by atoms with Gasteiger partial charge in [0.1, 0.15) is 18.1 Å². The third-order valence-electron chi connectivity index (χ3n) is 27.7. The summed E-state index contributed by atoms with van der Waals surface area (Å²) in [5.74, 6) is 7.55. The molecule has 0 radical (unpaired) electrons. The van der Waals surface area contributed by atoms with Crippen molar-refractivity contribution < 1.29 is 38.5 Å². The minimum atomic E-state index is -0.171. The van der Waals surface area contributed by atoms with Crippen molar-refractivity contribution in [1.29, 1.82) is 0 Å². The van der Waals surface area contributed by atoms with E-state index in [1.165, 1.54) is 42.4 Å². The molecule has 7 aromatic carbocycles. The zero-order chi connectivity index (χ0) is 95.3. The zero-order valence-corrected chi connectivity index (χ0v) is 83.6. The van der Waals surface area contributed by atoms with E-state index in [1.807, 2.05) is 138 Å². The number of amides is 4. The Bertz CT molecular complexity index is 6610. The molecular weight excluding hydrogens is 1940 g/mol. The fraction of sp³-hybridized carbons (Fsp3) is 0.398. The molecule has 12 aliphatic rings. The van der Waals surface area contributed by atoms with Gasteiger partial charge in [-0.25, -0.2) is 20.0 Å². The van der Waals surface area contributed by atoms with Crippen LogP contribution < -0.4 is 39.7 Å². The van der Waals surface area contributed by atoms with Crippen molar-refractivity contribution in [1.82, 2.24) is 57.8 Å². The third kappa shape index (κ3) is 18.5. The van der Waals surface area contributed by atoms with Crippen molar-refractivity contribution >= 4 is 149 Å². The van der Waals surface area contributed by atoms with E-state index in [1.54, 1.807) is 37.5 Å².